The molecule has 0 bridgehead atoms. The zero-order valence-electron chi connectivity index (χ0n) is 24.3. The second-order valence-electron chi connectivity index (χ2n) is 10.7. The minimum atomic E-state index is -0.176. The molecule has 0 aliphatic heterocycles. The lowest BCUT2D eigenvalue weighted by Crippen LogP contribution is -2.41. The van der Waals surface area contributed by atoms with Crippen molar-refractivity contribution in [3.05, 3.63) is 46.5 Å². The molecule has 0 saturated heterocycles. The van der Waals surface area contributed by atoms with Crippen molar-refractivity contribution in [2.24, 2.45) is 0 Å². The van der Waals surface area contributed by atoms with E-state index in [1.807, 2.05) is 0 Å². The van der Waals surface area contributed by atoms with E-state index in [1.54, 1.807) is 18.0 Å². The SMILES string of the molecule is COc1cc(C(=O)N(C)CCCN(C)CCC[N+](C)(C)Cc2cc(C)cc(C)c2)c(N)c(OC)c1OC. The van der Waals surface area contributed by atoms with Gasteiger partial charge in [-0.3, -0.25) is 4.79 Å². The second-order valence-corrected chi connectivity index (χ2v) is 10.7. The summed E-state index contributed by atoms with van der Waals surface area (Å²) in [5, 5.41) is 0. The van der Waals surface area contributed by atoms with Crippen molar-refractivity contribution in [3.8, 4) is 17.2 Å². The van der Waals surface area contributed by atoms with Crippen LogP contribution in [0.15, 0.2) is 24.3 Å². The van der Waals surface area contributed by atoms with Crippen LogP contribution in [0.25, 0.3) is 0 Å². The van der Waals surface area contributed by atoms with E-state index < -0.39 is 0 Å². The topological polar surface area (TPSA) is 77.3 Å². The van der Waals surface area contributed by atoms with E-state index in [-0.39, 0.29) is 11.6 Å². The number of quaternary nitrogens is 1. The van der Waals surface area contributed by atoms with Crippen LogP contribution in [0.5, 0.6) is 17.2 Å². The van der Waals surface area contributed by atoms with E-state index in [9.17, 15) is 4.79 Å². The Morgan fingerprint density at radius 2 is 1.46 bits per heavy atom. The second kappa shape index (κ2) is 13.5. The minimum absolute atomic E-state index is 0.176. The molecule has 2 aromatic rings. The van der Waals surface area contributed by atoms with Crippen molar-refractivity contribution in [1.82, 2.24) is 9.80 Å². The van der Waals surface area contributed by atoms with Gasteiger partial charge in [0.15, 0.2) is 11.5 Å². The molecule has 0 aliphatic rings. The summed E-state index contributed by atoms with van der Waals surface area (Å²) in [4.78, 5) is 17.2. The van der Waals surface area contributed by atoms with Crippen LogP contribution in [0.1, 0.15) is 39.9 Å². The Kier molecular flexibility index (Phi) is 11.1. The van der Waals surface area contributed by atoms with E-state index in [0.717, 1.165) is 43.5 Å². The van der Waals surface area contributed by atoms with Crippen LogP contribution < -0.4 is 19.9 Å². The first-order chi connectivity index (χ1) is 17.4. The molecule has 0 aromatic heterocycles. The molecule has 0 fully saturated rings. The standard InChI is InChI=1S/C29H46N4O4/c1-21-16-22(2)18-23(17-21)20-33(5,6)15-11-13-31(3)12-10-14-32(4)29(34)24-19-25(35-7)27(36-8)28(37-9)26(24)30/h16-19H,10-15,20H2,1-9H3,(H-,30,34)/p+1. The molecule has 2 rings (SSSR count). The van der Waals surface area contributed by atoms with Crippen LogP contribution in [-0.2, 0) is 6.54 Å². The van der Waals surface area contributed by atoms with E-state index in [4.69, 9.17) is 19.9 Å². The zero-order chi connectivity index (χ0) is 27.8. The van der Waals surface area contributed by atoms with Gasteiger partial charge in [-0.2, -0.15) is 0 Å². The number of nitrogens with zero attached hydrogens (tertiary/aromatic N) is 3. The third kappa shape index (κ3) is 8.54. The Labute approximate surface area is 223 Å². The van der Waals surface area contributed by atoms with Gasteiger partial charge in [0.2, 0.25) is 5.75 Å². The summed E-state index contributed by atoms with van der Waals surface area (Å²) in [5.74, 6) is 0.907. The van der Waals surface area contributed by atoms with Crippen LogP contribution in [0.3, 0.4) is 0 Å². The van der Waals surface area contributed by atoms with Gasteiger partial charge in [0.25, 0.3) is 5.91 Å². The summed E-state index contributed by atoms with van der Waals surface area (Å²) >= 11 is 0. The number of hydrogen-bond acceptors (Lipinski definition) is 6. The number of hydrogen-bond donors (Lipinski definition) is 1. The molecule has 2 N–H and O–H groups in total. The summed E-state index contributed by atoms with van der Waals surface area (Å²) in [6.07, 6.45) is 1.98. The Morgan fingerprint density at radius 3 is 2.03 bits per heavy atom. The van der Waals surface area contributed by atoms with Crippen molar-refractivity contribution < 1.29 is 23.5 Å². The van der Waals surface area contributed by atoms with Gasteiger partial charge in [-0.25, -0.2) is 0 Å². The zero-order valence-corrected chi connectivity index (χ0v) is 24.3. The number of rotatable bonds is 14. The van der Waals surface area contributed by atoms with Gasteiger partial charge < -0.3 is 34.2 Å². The molecule has 1 amide bonds. The maximum atomic E-state index is 13.1. The normalized spacial score (nSPS) is 11.5. The van der Waals surface area contributed by atoms with Gasteiger partial charge >= 0.3 is 0 Å². The van der Waals surface area contributed by atoms with Crippen molar-refractivity contribution in [3.63, 3.8) is 0 Å². The number of aryl methyl sites for hydroxylation is 2. The van der Waals surface area contributed by atoms with Gasteiger partial charge in [-0.15, -0.1) is 0 Å². The first-order valence-electron chi connectivity index (χ1n) is 12.8. The van der Waals surface area contributed by atoms with Crippen molar-refractivity contribution in [2.45, 2.75) is 33.2 Å². The third-order valence-corrected chi connectivity index (χ3v) is 6.67. The molecule has 37 heavy (non-hydrogen) atoms. The monoisotopic (exact) mass is 515 g/mol. The fourth-order valence-corrected chi connectivity index (χ4v) is 4.85. The number of carbonyl (C=O) groups excluding carboxylic acids is 1. The largest absolute Gasteiger partial charge is 0.493 e. The number of carbonyl (C=O) groups is 1. The fraction of sp³-hybridized carbons (Fsp3) is 0.552. The van der Waals surface area contributed by atoms with Crippen LogP contribution in [0, 0.1) is 13.8 Å². The lowest BCUT2D eigenvalue weighted by atomic mass is 10.1. The van der Waals surface area contributed by atoms with Crippen molar-refractivity contribution in [2.75, 3.05) is 81.4 Å². The number of methoxy groups -OCH3 is 3. The number of ether oxygens (including phenoxy) is 3. The highest BCUT2D eigenvalue weighted by molar-refractivity contribution is 6.01. The highest BCUT2D eigenvalue weighted by atomic mass is 16.5. The van der Waals surface area contributed by atoms with E-state index in [1.165, 1.54) is 38.0 Å². The van der Waals surface area contributed by atoms with Gasteiger partial charge in [0.1, 0.15) is 6.54 Å². The molecule has 2 aromatic carbocycles. The van der Waals surface area contributed by atoms with Crippen LogP contribution in [-0.4, -0.2) is 95.9 Å². The maximum absolute atomic E-state index is 13.1. The molecule has 0 spiro atoms. The molecule has 8 heteroatoms. The van der Waals surface area contributed by atoms with E-state index in [0.29, 0.717) is 29.4 Å². The van der Waals surface area contributed by atoms with E-state index >= 15 is 0 Å². The molecule has 0 saturated carbocycles. The first-order valence-corrected chi connectivity index (χ1v) is 12.8. The first kappa shape index (κ1) is 30.3. The number of nitrogens with two attached hydrogens (primary N) is 1. The molecule has 8 nitrogen and oxygen atoms in total. The van der Waals surface area contributed by atoms with Gasteiger partial charge in [-0.1, -0.05) is 29.3 Å². The highest BCUT2D eigenvalue weighted by Gasteiger charge is 2.24. The molecule has 206 valence electrons. The van der Waals surface area contributed by atoms with Crippen molar-refractivity contribution >= 4 is 11.6 Å². The smallest absolute Gasteiger partial charge is 0.255 e. The number of nitrogen functional groups attached to an aromatic ring is 1. The lowest BCUT2D eigenvalue weighted by Gasteiger charge is -2.31. The minimum Gasteiger partial charge on any atom is -0.493 e. The summed E-state index contributed by atoms with van der Waals surface area (Å²) in [6.45, 7) is 9.01. The lowest BCUT2D eigenvalue weighted by molar-refractivity contribution is -0.903. The Hall–Kier alpha value is -2.97. The Balaban J connectivity index is 1.84. The van der Waals surface area contributed by atoms with Crippen LogP contribution in [0.2, 0.25) is 0 Å². The van der Waals surface area contributed by atoms with E-state index in [2.05, 4.69) is 58.1 Å². The molecule has 0 heterocycles. The predicted molar refractivity (Wildman–Crippen MR) is 151 cm³/mol. The maximum Gasteiger partial charge on any atom is 0.255 e. The number of benzene rings is 2. The molecule has 0 aliphatic carbocycles. The highest BCUT2D eigenvalue weighted by Crippen LogP contribution is 2.43. The molecule has 0 radical (unpaired) electrons. The Morgan fingerprint density at radius 1 is 0.865 bits per heavy atom. The van der Waals surface area contributed by atoms with Gasteiger partial charge in [0, 0.05) is 32.1 Å². The molecule has 0 unspecified atom stereocenters. The van der Waals surface area contributed by atoms with Crippen molar-refractivity contribution in [1.29, 1.82) is 0 Å². The Bertz CT molecular complexity index is 1030. The van der Waals surface area contributed by atoms with Gasteiger partial charge in [0.05, 0.1) is 53.2 Å². The summed E-state index contributed by atoms with van der Waals surface area (Å²) in [5.41, 5.74) is 10.9. The molecular weight excluding hydrogens is 468 g/mol. The summed E-state index contributed by atoms with van der Waals surface area (Å²) < 4.78 is 17.1. The quantitative estimate of drug-likeness (QED) is 0.303. The predicted octanol–water partition coefficient (Wildman–Crippen LogP) is 3.97. The summed E-state index contributed by atoms with van der Waals surface area (Å²) in [7, 11) is 13.0. The average molecular weight is 516 g/mol. The van der Waals surface area contributed by atoms with Crippen LogP contribution in [0.4, 0.5) is 5.69 Å². The summed E-state index contributed by atoms with van der Waals surface area (Å²) in [6, 6.07) is 8.42. The molecular formula is C29H47N4O4+. The third-order valence-electron chi connectivity index (χ3n) is 6.67. The van der Waals surface area contributed by atoms with Crippen LogP contribution >= 0.6 is 0 Å². The fourth-order valence-electron chi connectivity index (χ4n) is 4.85. The average Bonchev–Trinajstić information content (AvgIpc) is 2.81. The number of anilines is 1. The molecule has 0 atom stereocenters. The van der Waals surface area contributed by atoms with Gasteiger partial charge in [-0.05, 0) is 39.9 Å². The number of amides is 1.